The summed E-state index contributed by atoms with van der Waals surface area (Å²) in [7, 11) is 1.65. The van der Waals surface area contributed by atoms with Gasteiger partial charge in [-0.2, -0.15) is 0 Å². The van der Waals surface area contributed by atoms with E-state index in [2.05, 4.69) is 28.2 Å². The average molecular weight is 338 g/mol. The second-order valence-corrected chi connectivity index (χ2v) is 5.39. The first kappa shape index (κ1) is 15.0. The molecule has 0 aliphatic carbocycles. The van der Waals surface area contributed by atoms with Gasteiger partial charge in [0.05, 0.1) is 11.6 Å². The maximum Gasteiger partial charge on any atom is 0.137 e. The molecule has 4 heteroatoms. The lowest BCUT2D eigenvalue weighted by molar-refractivity contribution is 0.413. The predicted octanol–water partition coefficient (Wildman–Crippen LogP) is 4.45. The van der Waals surface area contributed by atoms with Crippen LogP contribution in [0.4, 0.5) is 4.39 Å². The Morgan fingerprint density at radius 3 is 2.75 bits per heavy atom. The molecule has 0 aliphatic rings. The van der Waals surface area contributed by atoms with Crippen molar-refractivity contribution in [2.45, 2.75) is 19.5 Å². The average Bonchev–Trinajstić information content (AvgIpc) is 2.48. The van der Waals surface area contributed by atoms with Gasteiger partial charge in [-0.25, -0.2) is 4.39 Å². The minimum atomic E-state index is -0.238. The Kier molecular flexibility index (Phi) is 5.15. The normalized spacial score (nSPS) is 12.2. The Bertz CT molecular complexity index is 588. The van der Waals surface area contributed by atoms with Crippen LogP contribution in [0.3, 0.4) is 0 Å². The molecule has 0 spiro atoms. The highest BCUT2D eigenvalue weighted by atomic mass is 79.9. The second-order valence-electron chi connectivity index (χ2n) is 4.59. The summed E-state index contributed by atoms with van der Waals surface area (Å²) >= 11 is 3.27. The van der Waals surface area contributed by atoms with E-state index in [9.17, 15) is 4.39 Å². The van der Waals surface area contributed by atoms with Crippen LogP contribution >= 0.6 is 15.9 Å². The Morgan fingerprint density at radius 2 is 2.00 bits per heavy atom. The number of nitrogens with one attached hydrogen (secondary N) is 1. The van der Waals surface area contributed by atoms with E-state index in [1.54, 1.807) is 13.2 Å². The monoisotopic (exact) mass is 337 g/mol. The molecule has 0 unspecified atom stereocenters. The third kappa shape index (κ3) is 3.58. The first-order valence-corrected chi connectivity index (χ1v) is 7.21. The zero-order valence-corrected chi connectivity index (χ0v) is 13.1. The van der Waals surface area contributed by atoms with Gasteiger partial charge in [0.1, 0.15) is 11.6 Å². The number of halogens is 2. The quantitative estimate of drug-likeness (QED) is 0.870. The topological polar surface area (TPSA) is 21.3 Å². The van der Waals surface area contributed by atoms with Crippen LogP contribution in [0.25, 0.3) is 0 Å². The van der Waals surface area contributed by atoms with E-state index in [1.165, 1.54) is 6.07 Å². The molecule has 106 valence electrons. The van der Waals surface area contributed by atoms with Gasteiger partial charge in [-0.05, 0) is 52.2 Å². The second kappa shape index (κ2) is 6.86. The van der Waals surface area contributed by atoms with Crippen molar-refractivity contribution in [3.05, 3.63) is 63.9 Å². The molecule has 0 saturated heterocycles. The van der Waals surface area contributed by atoms with Crippen molar-refractivity contribution in [3.63, 3.8) is 0 Å². The van der Waals surface area contributed by atoms with E-state index in [4.69, 9.17) is 4.74 Å². The molecule has 0 saturated carbocycles. The fourth-order valence-corrected chi connectivity index (χ4v) is 2.38. The molecule has 2 nitrogen and oxygen atoms in total. The van der Waals surface area contributed by atoms with Crippen LogP contribution in [0.15, 0.2) is 46.9 Å². The summed E-state index contributed by atoms with van der Waals surface area (Å²) in [6.45, 7) is 2.67. The van der Waals surface area contributed by atoms with Crippen LogP contribution < -0.4 is 10.1 Å². The number of ether oxygens (including phenoxy) is 1. The highest BCUT2D eigenvalue weighted by Crippen LogP contribution is 2.22. The molecule has 1 N–H and O–H groups in total. The van der Waals surface area contributed by atoms with E-state index in [1.807, 2.05) is 30.3 Å². The molecule has 1 atom stereocenters. The molecule has 0 heterocycles. The van der Waals surface area contributed by atoms with E-state index in [-0.39, 0.29) is 11.9 Å². The van der Waals surface area contributed by atoms with Gasteiger partial charge < -0.3 is 10.1 Å². The molecule has 0 radical (unpaired) electrons. The SMILES string of the molecule is COc1cccc([C@H](C)NCc2cccc(F)c2Br)c1. The van der Waals surface area contributed by atoms with Gasteiger partial charge in [-0.15, -0.1) is 0 Å². The van der Waals surface area contributed by atoms with E-state index < -0.39 is 0 Å². The standard InChI is InChI=1S/C16H17BrFNO/c1-11(12-5-3-7-14(9-12)20-2)19-10-13-6-4-8-15(18)16(13)17/h3-9,11,19H,10H2,1-2H3/t11-/m0/s1. The van der Waals surface area contributed by atoms with Crippen molar-refractivity contribution < 1.29 is 9.13 Å². The molecule has 2 aromatic carbocycles. The molecule has 2 aromatic rings. The Hall–Kier alpha value is -1.39. The summed E-state index contributed by atoms with van der Waals surface area (Å²) in [6.07, 6.45) is 0. The van der Waals surface area contributed by atoms with Gasteiger partial charge in [0.15, 0.2) is 0 Å². The van der Waals surface area contributed by atoms with Crippen molar-refractivity contribution in [2.24, 2.45) is 0 Å². The van der Waals surface area contributed by atoms with Gasteiger partial charge in [-0.1, -0.05) is 24.3 Å². The summed E-state index contributed by atoms with van der Waals surface area (Å²) < 4.78 is 19.2. The largest absolute Gasteiger partial charge is 0.497 e. The zero-order valence-electron chi connectivity index (χ0n) is 11.5. The number of methoxy groups -OCH3 is 1. The third-order valence-electron chi connectivity index (χ3n) is 3.22. The minimum absolute atomic E-state index is 0.153. The summed E-state index contributed by atoms with van der Waals surface area (Å²) in [6, 6.07) is 13.1. The minimum Gasteiger partial charge on any atom is -0.497 e. The van der Waals surface area contributed by atoms with Gasteiger partial charge in [0.2, 0.25) is 0 Å². The zero-order chi connectivity index (χ0) is 14.5. The lowest BCUT2D eigenvalue weighted by Gasteiger charge is -2.16. The van der Waals surface area contributed by atoms with Crippen LogP contribution in [0.5, 0.6) is 5.75 Å². The molecule has 0 amide bonds. The lowest BCUT2D eigenvalue weighted by Crippen LogP contribution is -2.18. The van der Waals surface area contributed by atoms with E-state index in [0.29, 0.717) is 11.0 Å². The highest BCUT2D eigenvalue weighted by Gasteiger charge is 2.09. The van der Waals surface area contributed by atoms with Crippen molar-refractivity contribution in [1.82, 2.24) is 5.32 Å². The number of benzene rings is 2. The summed E-state index contributed by atoms with van der Waals surface area (Å²) in [5.74, 6) is 0.599. The lowest BCUT2D eigenvalue weighted by atomic mass is 10.1. The molecule has 0 aliphatic heterocycles. The van der Waals surface area contributed by atoms with Gasteiger partial charge in [0, 0.05) is 12.6 Å². The fraction of sp³-hybridized carbons (Fsp3) is 0.250. The van der Waals surface area contributed by atoms with E-state index >= 15 is 0 Å². The van der Waals surface area contributed by atoms with Gasteiger partial charge in [-0.3, -0.25) is 0 Å². The van der Waals surface area contributed by atoms with E-state index in [0.717, 1.165) is 16.9 Å². The van der Waals surface area contributed by atoms with Crippen LogP contribution in [0.2, 0.25) is 0 Å². The highest BCUT2D eigenvalue weighted by molar-refractivity contribution is 9.10. The third-order valence-corrected chi connectivity index (χ3v) is 4.11. The molecule has 0 bridgehead atoms. The Morgan fingerprint density at radius 1 is 1.25 bits per heavy atom. The van der Waals surface area contributed by atoms with Crippen molar-refractivity contribution in [1.29, 1.82) is 0 Å². The first-order chi connectivity index (χ1) is 9.61. The molecule has 2 rings (SSSR count). The predicted molar refractivity (Wildman–Crippen MR) is 82.3 cm³/mol. The van der Waals surface area contributed by atoms with Gasteiger partial charge in [0.25, 0.3) is 0 Å². The van der Waals surface area contributed by atoms with Crippen LogP contribution in [0, 0.1) is 5.82 Å². The summed E-state index contributed by atoms with van der Waals surface area (Å²) in [4.78, 5) is 0. The number of hydrogen-bond acceptors (Lipinski definition) is 2. The maximum atomic E-state index is 13.4. The molecular weight excluding hydrogens is 321 g/mol. The number of rotatable bonds is 5. The van der Waals surface area contributed by atoms with Crippen LogP contribution in [-0.2, 0) is 6.54 Å². The van der Waals surface area contributed by atoms with Crippen molar-refractivity contribution in [3.8, 4) is 5.75 Å². The summed E-state index contributed by atoms with van der Waals surface area (Å²) in [5.41, 5.74) is 2.04. The summed E-state index contributed by atoms with van der Waals surface area (Å²) in [5, 5.41) is 3.38. The smallest absolute Gasteiger partial charge is 0.137 e. The first-order valence-electron chi connectivity index (χ1n) is 6.42. The molecular formula is C16H17BrFNO. The molecule has 20 heavy (non-hydrogen) atoms. The number of hydrogen-bond donors (Lipinski definition) is 1. The van der Waals surface area contributed by atoms with Crippen LogP contribution in [-0.4, -0.2) is 7.11 Å². The fourth-order valence-electron chi connectivity index (χ4n) is 1.98. The Labute approximate surface area is 127 Å². The molecule has 0 fully saturated rings. The molecule has 0 aromatic heterocycles. The maximum absolute atomic E-state index is 13.4. The van der Waals surface area contributed by atoms with Crippen LogP contribution in [0.1, 0.15) is 24.1 Å². The van der Waals surface area contributed by atoms with Gasteiger partial charge >= 0.3 is 0 Å². The Balaban J connectivity index is 2.04. The van der Waals surface area contributed by atoms with Crippen molar-refractivity contribution in [2.75, 3.05) is 7.11 Å². The van der Waals surface area contributed by atoms with Crippen molar-refractivity contribution >= 4 is 15.9 Å².